The van der Waals surface area contributed by atoms with E-state index >= 15 is 0 Å². The highest BCUT2D eigenvalue weighted by atomic mass is 16.6. The van der Waals surface area contributed by atoms with Crippen LogP contribution in [-0.2, 0) is 27.1 Å². The first-order valence-corrected chi connectivity index (χ1v) is 20.1. The third-order valence-electron chi connectivity index (χ3n) is 14.4. The molecule has 9 atom stereocenters. The molecular formula is C45H70N2O5. The van der Waals surface area contributed by atoms with E-state index in [1.807, 2.05) is 0 Å². The van der Waals surface area contributed by atoms with Gasteiger partial charge in [-0.05, 0) is 152 Å². The van der Waals surface area contributed by atoms with Crippen molar-refractivity contribution in [3.05, 3.63) is 34.5 Å². The fourth-order valence-corrected chi connectivity index (χ4v) is 12.4. The molecule has 7 heteroatoms. The average Bonchev–Trinajstić information content (AvgIpc) is 3.65. The van der Waals surface area contributed by atoms with E-state index in [0.29, 0.717) is 23.7 Å². The summed E-state index contributed by atoms with van der Waals surface area (Å²) in [5.41, 5.74) is 9.52. The number of Topliss-reactive ketones (excluding diaryl/α,β-unsaturated/α-hetero) is 1. The Labute approximate surface area is 314 Å². The Morgan fingerprint density at radius 2 is 1.65 bits per heavy atom. The molecule has 1 aromatic carbocycles. The number of ketones is 1. The van der Waals surface area contributed by atoms with Crippen molar-refractivity contribution in [2.75, 3.05) is 13.8 Å². The molecule has 6 unspecified atom stereocenters. The predicted molar refractivity (Wildman–Crippen MR) is 211 cm³/mol. The van der Waals surface area contributed by atoms with Crippen LogP contribution in [0.1, 0.15) is 148 Å². The summed E-state index contributed by atoms with van der Waals surface area (Å²) in [6.45, 7) is 23.8. The highest BCUT2D eigenvalue weighted by Crippen LogP contribution is 2.67. The molecule has 1 aromatic heterocycles. The fraction of sp³-hybridized carbons (Fsp3) is 0.756. The van der Waals surface area contributed by atoms with Gasteiger partial charge in [-0.15, -0.1) is 12.8 Å². The topological polar surface area (TPSA) is 107 Å². The minimum absolute atomic E-state index is 0.0274. The molecule has 2 saturated carbocycles. The Balaban J connectivity index is 0.000000605. The summed E-state index contributed by atoms with van der Waals surface area (Å²) in [4.78, 5) is 18.3. The predicted octanol–water partition coefficient (Wildman–Crippen LogP) is 8.98. The van der Waals surface area contributed by atoms with Gasteiger partial charge in [0.2, 0.25) is 0 Å². The molecule has 290 valence electrons. The molecule has 6 aliphatic rings. The number of hydrogen-bond donors (Lipinski definition) is 3. The van der Waals surface area contributed by atoms with Gasteiger partial charge < -0.3 is 30.0 Å². The molecule has 0 radical (unpaired) electrons. The molecule has 0 spiro atoms. The minimum atomic E-state index is -0.482. The highest BCUT2D eigenvalue weighted by molar-refractivity contribution is 6.07. The minimum Gasteiger partial charge on any atom is -0.372 e. The van der Waals surface area contributed by atoms with Gasteiger partial charge >= 0.3 is 0 Å². The Kier molecular flexibility index (Phi) is 11.4. The van der Waals surface area contributed by atoms with E-state index < -0.39 is 11.2 Å². The van der Waals surface area contributed by atoms with Gasteiger partial charge in [-0.1, -0.05) is 34.6 Å². The summed E-state index contributed by atoms with van der Waals surface area (Å²) < 4.78 is 19.1. The number of nitrogens with two attached hydrogens (primary N) is 1. The van der Waals surface area contributed by atoms with E-state index in [-0.39, 0.29) is 47.1 Å². The van der Waals surface area contributed by atoms with Gasteiger partial charge in [0.15, 0.2) is 5.78 Å². The van der Waals surface area contributed by atoms with Crippen molar-refractivity contribution in [3.8, 4) is 12.8 Å². The van der Waals surface area contributed by atoms with Gasteiger partial charge in [-0.25, -0.2) is 0 Å². The lowest BCUT2D eigenvalue weighted by atomic mass is 9.49. The first-order chi connectivity index (χ1) is 24.4. The molecule has 4 N–H and O–H groups in total. The van der Waals surface area contributed by atoms with Crippen LogP contribution in [0, 0.1) is 53.3 Å². The zero-order valence-electron chi connectivity index (χ0n) is 34.4. The standard InChI is InChI=1S/C38H53NO5.C4H10.C2H2.CH5N/c1-34(2,42-19-40)28-14-11-22-25-12-9-20-17-23-29-24-18-38(8)33(35(3,4)44-36(38,5)6)32(41)21(24)10-13-26(29)39-31(23)30(20)37(25,7)16-15-27(22)43-28;1-4(2)3;2*1-2/h10,13,20,22,25,27-28,30,33,39-40H,9,11-12,14-19H2,1-8H3;4H,1-3H3;1-2H;2H2,1H3/t20?,22?,25?,27?,28-,30?,33?,37-,38+;;;/m0.../s1. The van der Waals surface area contributed by atoms with E-state index in [1.54, 1.807) is 0 Å². The van der Waals surface area contributed by atoms with Crippen LogP contribution >= 0.6 is 0 Å². The number of fused-ring (bicyclic) bond motifs is 12. The molecule has 3 heterocycles. The maximum absolute atomic E-state index is 14.3. The largest absolute Gasteiger partial charge is 0.372 e. The SMILES string of the molecule is C#C.CC(C)C.CC1(C)OC(C)(C)[C@]2(C)Cc3c(ccc4[nH]c5c(c34)CC3CCC4C6CC[C@@H](C(C)(C)OCO)OC6CC[C@]4(C)C53)C(=O)C12.CN. The third-order valence-corrected chi connectivity index (χ3v) is 14.4. The summed E-state index contributed by atoms with van der Waals surface area (Å²) in [5, 5.41) is 10.8. The lowest BCUT2D eigenvalue weighted by molar-refractivity contribution is -0.227. The molecule has 4 fully saturated rings. The molecule has 2 aromatic rings. The highest BCUT2D eigenvalue weighted by Gasteiger charge is 2.66. The van der Waals surface area contributed by atoms with E-state index in [1.165, 1.54) is 60.5 Å². The number of carbonyl (C=O) groups is 1. The number of benzene rings is 1. The van der Waals surface area contributed by atoms with Crippen molar-refractivity contribution >= 4 is 16.7 Å². The van der Waals surface area contributed by atoms with Gasteiger partial charge in [0.05, 0.1) is 34.9 Å². The van der Waals surface area contributed by atoms with Crippen molar-refractivity contribution in [1.82, 2.24) is 4.98 Å². The maximum Gasteiger partial charge on any atom is 0.169 e. The molecule has 7 nitrogen and oxygen atoms in total. The number of rotatable bonds is 3. The van der Waals surface area contributed by atoms with Crippen LogP contribution in [0.3, 0.4) is 0 Å². The second-order valence-electron chi connectivity index (χ2n) is 19.3. The summed E-state index contributed by atoms with van der Waals surface area (Å²) in [7, 11) is 1.50. The van der Waals surface area contributed by atoms with Crippen molar-refractivity contribution in [3.63, 3.8) is 0 Å². The number of nitrogens with one attached hydrogen (secondary N) is 1. The van der Waals surface area contributed by atoms with Gasteiger partial charge in [0, 0.05) is 33.5 Å². The Morgan fingerprint density at radius 3 is 2.29 bits per heavy atom. The fourth-order valence-electron chi connectivity index (χ4n) is 12.4. The van der Waals surface area contributed by atoms with E-state index in [0.717, 1.165) is 37.2 Å². The van der Waals surface area contributed by atoms with E-state index in [9.17, 15) is 9.90 Å². The number of terminal acetylenes is 1. The zero-order chi connectivity index (χ0) is 38.8. The second kappa shape index (κ2) is 14.5. The molecular weight excluding hydrogens is 649 g/mol. The van der Waals surface area contributed by atoms with Crippen LogP contribution in [0.5, 0.6) is 0 Å². The van der Waals surface area contributed by atoms with Crippen LogP contribution < -0.4 is 5.73 Å². The van der Waals surface area contributed by atoms with Crippen molar-refractivity contribution in [2.45, 2.75) is 162 Å². The Bertz CT molecular complexity index is 1630. The monoisotopic (exact) mass is 719 g/mol. The van der Waals surface area contributed by atoms with Gasteiger partial charge in [0.1, 0.15) is 6.79 Å². The number of aliphatic hydroxyl groups excluding tert-OH is 1. The van der Waals surface area contributed by atoms with Crippen molar-refractivity contribution in [2.24, 2.45) is 46.2 Å². The number of carbonyl (C=O) groups excluding carboxylic acids is 1. The quantitative estimate of drug-likeness (QED) is 0.216. The smallest absolute Gasteiger partial charge is 0.169 e. The lowest BCUT2D eigenvalue weighted by Gasteiger charge is -2.59. The zero-order valence-corrected chi connectivity index (χ0v) is 34.4. The van der Waals surface area contributed by atoms with Gasteiger partial charge in [-0.3, -0.25) is 4.79 Å². The normalized spacial score (nSPS) is 36.2. The Hall–Kier alpha value is -2.21. The Morgan fingerprint density at radius 1 is 1.00 bits per heavy atom. The van der Waals surface area contributed by atoms with Crippen molar-refractivity contribution < 1.29 is 24.1 Å². The number of aliphatic hydroxyl groups is 1. The van der Waals surface area contributed by atoms with Crippen LogP contribution in [0.25, 0.3) is 10.9 Å². The number of hydrogen-bond acceptors (Lipinski definition) is 6. The van der Waals surface area contributed by atoms with E-state index in [4.69, 9.17) is 14.2 Å². The molecule has 52 heavy (non-hydrogen) atoms. The molecule has 2 aliphatic heterocycles. The molecule has 0 amide bonds. The number of ether oxygens (including phenoxy) is 3. The van der Waals surface area contributed by atoms with Crippen LogP contribution in [0.4, 0.5) is 0 Å². The third kappa shape index (κ3) is 6.31. The first kappa shape index (κ1) is 41.0. The van der Waals surface area contributed by atoms with Crippen LogP contribution in [-0.4, -0.2) is 58.7 Å². The van der Waals surface area contributed by atoms with Gasteiger partial charge in [-0.2, -0.15) is 0 Å². The molecule has 2 saturated heterocycles. The average molecular weight is 719 g/mol. The summed E-state index contributed by atoms with van der Waals surface area (Å²) in [6, 6.07) is 4.30. The van der Waals surface area contributed by atoms with Crippen LogP contribution in [0.15, 0.2) is 12.1 Å². The molecule has 0 bridgehead atoms. The summed E-state index contributed by atoms with van der Waals surface area (Å²) in [5.74, 6) is 3.38. The lowest BCUT2D eigenvalue weighted by Crippen LogP contribution is -2.56. The molecule has 8 rings (SSSR count). The maximum atomic E-state index is 14.3. The van der Waals surface area contributed by atoms with Crippen molar-refractivity contribution in [1.29, 1.82) is 0 Å². The number of aromatic amines is 1. The van der Waals surface area contributed by atoms with E-state index in [2.05, 4.69) is 112 Å². The first-order valence-electron chi connectivity index (χ1n) is 20.1. The summed E-state index contributed by atoms with van der Waals surface area (Å²) in [6.07, 6.45) is 17.3. The number of aromatic nitrogens is 1. The van der Waals surface area contributed by atoms with Gasteiger partial charge in [0.25, 0.3) is 0 Å². The summed E-state index contributed by atoms with van der Waals surface area (Å²) >= 11 is 0. The molecule has 4 aliphatic carbocycles. The number of H-pyrrole nitrogens is 1. The second-order valence-corrected chi connectivity index (χ2v) is 19.3. The van der Waals surface area contributed by atoms with Crippen LogP contribution in [0.2, 0.25) is 0 Å².